The predicted molar refractivity (Wildman–Crippen MR) is 114 cm³/mol. The summed E-state index contributed by atoms with van der Waals surface area (Å²) >= 11 is 6.57. The zero-order chi connectivity index (χ0) is 21.2. The Morgan fingerprint density at radius 1 is 1.21 bits per heavy atom. The summed E-state index contributed by atoms with van der Waals surface area (Å²) in [5.41, 5.74) is 3.33. The van der Waals surface area contributed by atoms with Crippen molar-refractivity contribution in [1.82, 2.24) is 5.32 Å². The van der Waals surface area contributed by atoms with Gasteiger partial charge in [0, 0.05) is 18.5 Å². The number of rotatable bonds is 3. The predicted octanol–water partition coefficient (Wildman–Crippen LogP) is 4.07. The molecule has 0 aromatic heterocycles. The number of ether oxygens (including phenoxy) is 1. The number of nitrogens with one attached hydrogen (secondary N) is 1. The van der Waals surface area contributed by atoms with Crippen LogP contribution in [0.3, 0.4) is 0 Å². The van der Waals surface area contributed by atoms with Gasteiger partial charge in [0.2, 0.25) is 0 Å². The Morgan fingerprint density at radius 2 is 1.93 bits per heavy atom. The van der Waals surface area contributed by atoms with Gasteiger partial charge in [0.1, 0.15) is 0 Å². The van der Waals surface area contributed by atoms with E-state index in [0.717, 1.165) is 24.0 Å². The first kappa shape index (κ1) is 22.7. The molecule has 2 rings (SSSR count). The lowest BCUT2D eigenvalue weighted by atomic mass is 9.94. The van der Waals surface area contributed by atoms with Gasteiger partial charge in [-0.1, -0.05) is 41.1 Å². The number of esters is 1. The molecule has 0 atom stereocenters. The molecule has 1 aromatic rings. The van der Waals surface area contributed by atoms with Gasteiger partial charge in [0.25, 0.3) is 5.91 Å². The Kier molecular flexibility index (Phi) is 8.93. The summed E-state index contributed by atoms with van der Waals surface area (Å²) in [6, 6.07) is 1.88. The van der Waals surface area contributed by atoms with Gasteiger partial charge in [-0.15, -0.1) is 0 Å². The quantitative estimate of drug-likeness (QED) is 0.456. The maximum atomic E-state index is 12.8. The Bertz CT molecular complexity index is 844. The van der Waals surface area contributed by atoms with E-state index in [2.05, 4.69) is 16.5 Å². The van der Waals surface area contributed by atoms with Gasteiger partial charge in [0.15, 0.2) is 6.61 Å². The summed E-state index contributed by atoms with van der Waals surface area (Å²) in [6.07, 6.45) is 10.5. The third-order valence-electron chi connectivity index (χ3n) is 4.45. The molecule has 0 unspecified atom stereocenters. The molecule has 0 aliphatic carbocycles. The highest BCUT2D eigenvalue weighted by molar-refractivity contribution is 6.33. The van der Waals surface area contributed by atoms with E-state index in [1.54, 1.807) is 0 Å². The standard InChI is InChI=1S/C22H27ClN2O4/c1-15-12-16(2)21(23)18-13-17(25-29-14-19(26)24-3)10-8-6-4-5-7-9-11-28-22(27)20(15)18/h5,7-8,10,12H,4,6,9,11,13-14H2,1-3H3,(H,24,26)/b7-5+,10-8+,25-17-. The van der Waals surface area contributed by atoms with Crippen LogP contribution in [0.15, 0.2) is 35.5 Å². The van der Waals surface area contributed by atoms with E-state index in [-0.39, 0.29) is 18.9 Å². The van der Waals surface area contributed by atoms with Crippen LogP contribution in [0.2, 0.25) is 5.02 Å². The number of hydrogen-bond donors (Lipinski definition) is 1. The van der Waals surface area contributed by atoms with Crippen molar-refractivity contribution in [3.8, 4) is 0 Å². The van der Waals surface area contributed by atoms with Crippen molar-refractivity contribution in [1.29, 1.82) is 0 Å². The molecule has 0 fully saturated rings. The zero-order valence-electron chi connectivity index (χ0n) is 17.1. The smallest absolute Gasteiger partial charge is 0.338 e. The van der Waals surface area contributed by atoms with E-state index in [0.29, 0.717) is 34.9 Å². The van der Waals surface area contributed by atoms with Crippen molar-refractivity contribution in [3.05, 3.63) is 57.6 Å². The molecule has 1 N–H and O–H groups in total. The molecule has 1 heterocycles. The largest absolute Gasteiger partial charge is 0.462 e. The van der Waals surface area contributed by atoms with Gasteiger partial charge < -0.3 is 14.9 Å². The molecule has 7 heteroatoms. The summed E-state index contributed by atoms with van der Waals surface area (Å²) in [5, 5.41) is 7.08. The highest BCUT2D eigenvalue weighted by atomic mass is 35.5. The number of amides is 1. The molecule has 0 saturated heterocycles. The van der Waals surface area contributed by atoms with Gasteiger partial charge in [-0.2, -0.15) is 0 Å². The molecule has 0 radical (unpaired) electrons. The second-order valence-corrected chi connectivity index (χ2v) is 7.14. The monoisotopic (exact) mass is 418 g/mol. The van der Waals surface area contributed by atoms with Crippen molar-refractivity contribution in [2.24, 2.45) is 5.16 Å². The molecule has 0 bridgehead atoms. The first-order chi connectivity index (χ1) is 13.9. The number of benzene rings is 1. The van der Waals surface area contributed by atoms with Crippen LogP contribution >= 0.6 is 11.6 Å². The van der Waals surface area contributed by atoms with Crippen LogP contribution in [-0.4, -0.2) is 37.8 Å². The third-order valence-corrected chi connectivity index (χ3v) is 4.98. The van der Waals surface area contributed by atoms with E-state index in [4.69, 9.17) is 21.2 Å². The minimum absolute atomic E-state index is 0.188. The number of fused-ring (bicyclic) bond motifs is 1. The Balaban J connectivity index is 2.45. The second kappa shape index (κ2) is 11.4. The molecule has 1 aliphatic rings. The number of oxime groups is 1. The molecular weight excluding hydrogens is 392 g/mol. The van der Waals surface area contributed by atoms with E-state index < -0.39 is 5.97 Å². The van der Waals surface area contributed by atoms with E-state index in [9.17, 15) is 9.59 Å². The Hall–Kier alpha value is -2.60. The molecule has 156 valence electrons. The topological polar surface area (TPSA) is 77.0 Å². The lowest BCUT2D eigenvalue weighted by molar-refractivity contribution is -0.125. The number of carbonyl (C=O) groups is 2. The van der Waals surface area contributed by atoms with Crippen LogP contribution in [0.4, 0.5) is 0 Å². The van der Waals surface area contributed by atoms with Crippen LogP contribution < -0.4 is 5.32 Å². The van der Waals surface area contributed by atoms with Gasteiger partial charge in [-0.3, -0.25) is 4.79 Å². The van der Waals surface area contributed by atoms with Crippen molar-refractivity contribution < 1.29 is 19.2 Å². The summed E-state index contributed by atoms with van der Waals surface area (Å²) in [5.74, 6) is -0.683. The fourth-order valence-electron chi connectivity index (χ4n) is 2.98. The number of allylic oxidation sites excluding steroid dienone is 3. The number of hydrogen-bond acceptors (Lipinski definition) is 5. The maximum absolute atomic E-state index is 12.8. The zero-order valence-corrected chi connectivity index (χ0v) is 17.8. The fourth-order valence-corrected chi connectivity index (χ4v) is 3.20. The SMILES string of the molecule is CNC(=O)CO/N=C1/C=C/CC/C=C/CCOC(=O)c2c(C)cc(C)c(Cl)c2C1. The van der Waals surface area contributed by atoms with Crippen LogP contribution in [0.5, 0.6) is 0 Å². The number of nitrogens with zero attached hydrogens (tertiary/aromatic N) is 1. The van der Waals surface area contributed by atoms with Gasteiger partial charge in [0.05, 0.1) is 17.9 Å². The fraction of sp³-hybridized carbons (Fsp3) is 0.409. The average Bonchev–Trinajstić information content (AvgIpc) is 2.69. The molecule has 1 aliphatic heterocycles. The third kappa shape index (κ3) is 6.75. The summed E-state index contributed by atoms with van der Waals surface area (Å²) < 4.78 is 5.46. The number of likely N-dealkylation sites (N-methyl/N-ethyl adjacent to an activating group) is 1. The summed E-state index contributed by atoms with van der Waals surface area (Å²) in [7, 11) is 1.53. The van der Waals surface area contributed by atoms with Crippen LogP contribution in [-0.2, 0) is 20.8 Å². The van der Waals surface area contributed by atoms with E-state index in [1.165, 1.54) is 7.05 Å². The Labute approximate surface area is 176 Å². The molecule has 6 nitrogen and oxygen atoms in total. The number of carbonyl (C=O) groups excluding carboxylic acids is 2. The van der Waals surface area contributed by atoms with Crippen molar-refractivity contribution in [2.45, 2.75) is 39.5 Å². The number of halogens is 1. The van der Waals surface area contributed by atoms with E-state index >= 15 is 0 Å². The van der Waals surface area contributed by atoms with E-state index in [1.807, 2.05) is 38.1 Å². The highest BCUT2D eigenvalue weighted by Crippen LogP contribution is 2.29. The Morgan fingerprint density at radius 3 is 2.69 bits per heavy atom. The lowest BCUT2D eigenvalue weighted by Gasteiger charge is -2.16. The number of cyclic esters (lactones) is 1. The van der Waals surface area contributed by atoms with Crippen molar-refractivity contribution in [2.75, 3.05) is 20.3 Å². The first-order valence-corrected chi connectivity index (χ1v) is 9.98. The van der Waals surface area contributed by atoms with Gasteiger partial charge in [-0.25, -0.2) is 4.79 Å². The normalized spacial score (nSPS) is 18.9. The first-order valence-electron chi connectivity index (χ1n) is 9.60. The van der Waals surface area contributed by atoms with Gasteiger partial charge in [-0.05, 0) is 55.9 Å². The highest BCUT2D eigenvalue weighted by Gasteiger charge is 2.21. The molecule has 0 saturated carbocycles. The molecule has 0 spiro atoms. The molecule has 1 aromatic carbocycles. The molecule has 29 heavy (non-hydrogen) atoms. The van der Waals surface area contributed by atoms with Crippen molar-refractivity contribution in [3.63, 3.8) is 0 Å². The van der Waals surface area contributed by atoms with Crippen LogP contribution in [0.25, 0.3) is 0 Å². The van der Waals surface area contributed by atoms with Crippen molar-refractivity contribution >= 4 is 29.2 Å². The summed E-state index contributed by atoms with van der Waals surface area (Å²) in [4.78, 5) is 29.4. The van der Waals surface area contributed by atoms with Crippen LogP contribution in [0, 0.1) is 13.8 Å². The number of aryl methyl sites for hydroxylation is 2. The van der Waals surface area contributed by atoms with Gasteiger partial charge >= 0.3 is 5.97 Å². The molecule has 1 amide bonds. The minimum Gasteiger partial charge on any atom is -0.462 e. The maximum Gasteiger partial charge on any atom is 0.338 e. The molecular formula is C22H27ClN2O4. The minimum atomic E-state index is -0.403. The van der Waals surface area contributed by atoms with Crippen LogP contribution in [0.1, 0.15) is 46.3 Å². The average molecular weight is 419 g/mol. The lowest BCUT2D eigenvalue weighted by Crippen LogP contribution is -2.22. The summed E-state index contributed by atoms with van der Waals surface area (Å²) in [6.45, 7) is 3.88. The second-order valence-electron chi connectivity index (χ2n) is 6.76.